The van der Waals surface area contributed by atoms with Gasteiger partial charge in [-0.3, -0.25) is 0 Å². The standard InChI is InChI=1S/C16H19NO4/c1-12(2)17-21-16(9-6-10-18)11-14(15(19)20-16)13-7-4-3-5-8-13/h3-5,7-8,11,18H,6,9-10H2,1-2H3. The third-order valence-electron chi connectivity index (χ3n) is 3.00. The Morgan fingerprint density at radius 2 is 2.05 bits per heavy atom. The Kier molecular flexibility index (Phi) is 4.75. The third kappa shape index (κ3) is 3.70. The molecule has 0 spiro atoms. The molecular weight excluding hydrogens is 270 g/mol. The summed E-state index contributed by atoms with van der Waals surface area (Å²) in [6.45, 7) is 3.57. The molecule has 1 aliphatic heterocycles. The van der Waals surface area contributed by atoms with Crippen molar-refractivity contribution in [1.82, 2.24) is 0 Å². The van der Waals surface area contributed by atoms with E-state index < -0.39 is 11.8 Å². The summed E-state index contributed by atoms with van der Waals surface area (Å²) >= 11 is 0. The smallest absolute Gasteiger partial charge is 0.342 e. The Morgan fingerprint density at radius 3 is 2.67 bits per heavy atom. The molecule has 0 fully saturated rings. The Bertz CT molecular complexity index is 561. The van der Waals surface area contributed by atoms with Crippen molar-refractivity contribution in [2.75, 3.05) is 6.61 Å². The number of rotatable bonds is 6. The summed E-state index contributed by atoms with van der Waals surface area (Å²) in [5.74, 6) is -1.68. The van der Waals surface area contributed by atoms with E-state index in [-0.39, 0.29) is 6.61 Å². The van der Waals surface area contributed by atoms with Crippen LogP contribution in [-0.2, 0) is 14.4 Å². The summed E-state index contributed by atoms with van der Waals surface area (Å²) in [6, 6.07) is 9.26. The van der Waals surface area contributed by atoms with Crippen LogP contribution in [0.3, 0.4) is 0 Å². The minimum atomic E-state index is -1.23. The maximum atomic E-state index is 12.1. The fraction of sp³-hybridized carbons (Fsp3) is 0.375. The summed E-state index contributed by atoms with van der Waals surface area (Å²) in [6.07, 6.45) is 2.44. The van der Waals surface area contributed by atoms with Gasteiger partial charge in [0.15, 0.2) is 0 Å². The molecule has 1 atom stereocenters. The van der Waals surface area contributed by atoms with Crippen molar-refractivity contribution in [3.8, 4) is 0 Å². The molecule has 2 rings (SSSR count). The molecule has 0 aliphatic carbocycles. The van der Waals surface area contributed by atoms with Crippen molar-refractivity contribution in [3.63, 3.8) is 0 Å². The van der Waals surface area contributed by atoms with Crippen LogP contribution in [-0.4, -0.2) is 29.2 Å². The van der Waals surface area contributed by atoms with E-state index in [1.54, 1.807) is 19.9 Å². The van der Waals surface area contributed by atoms with Gasteiger partial charge in [-0.15, -0.1) is 0 Å². The van der Waals surface area contributed by atoms with E-state index in [1.807, 2.05) is 30.3 Å². The van der Waals surface area contributed by atoms with E-state index in [0.717, 1.165) is 11.3 Å². The van der Waals surface area contributed by atoms with E-state index in [4.69, 9.17) is 14.7 Å². The molecule has 1 aromatic rings. The highest BCUT2D eigenvalue weighted by Crippen LogP contribution is 2.35. The summed E-state index contributed by atoms with van der Waals surface area (Å²) in [5.41, 5.74) is 1.95. The molecule has 1 N–H and O–H groups in total. The van der Waals surface area contributed by atoms with Crippen LogP contribution >= 0.6 is 0 Å². The van der Waals surface area contributed by atoms with Gasteiger partial charge in [-0.25, -0.2) is 4.79 Å². The lowest BCUT2D eigenvalue weighted by atomic mass is 10.0. The van der Waals surface area contributed by atoms with Crippen LogP contribution in [0.25, 0.3) is 5.57 Å². The number of cyclic esters (lactones) is 1. The van der Waals surface area contributed by atoms with Crippen LogP contribution in [0.4, 0.5) is 0 Å². The number of oxime groups is 1. The lowest BCUT2D eigenvalue weighted by molar-refractivity contribution is -0.201. The minimum absolute atomic E-state index is 0.00794. The number of aliphatic hydroxyl groups is 1. The minimum Gasteiger partial charge on any atom is -0.413 e. The maximum Gasteiger partial charge on any atom is 0.342 e. The quantitative estimate of drug-likeness (QED) is 0.496. The summed E-state index contributed by atoms with van der Waals surface area (Å²) in [4.78, 5) is 17.6. The van der Waals surface area contributed by atoms with Crippen LogP contribution in [0.2, 0.25) is 0 Å². The number of ether oxygens (including phenoxy) is 1. The van der Waals surface area contributed by atoms with Crippen LogP contribution in [0, 0.1) is 0 Å². The topological polar surface area (TPSA) is 68.1 Å². The highest BCUT2D eigenvalue weighted by molar-refractivity contribution is 6.18. The highest BCUT2D eigenvalue weighted by atomic mass is 16.8. The molecule has 21 heavy (non-hydrogen) atoms. The van der Waals surface area contributed by atoms with E-state index >= 15 is 0 Å². The van der Waals surface area contributed by atoms with Crippen molar-refractivity contribution >= 4 is 17.3 Å². The van der Waals surface area contributed by atoms with E-state index in [1.165, 1.54) is 0 Å². The molecule has 0 bridgehead atoms. The average molecular weight is 289 g/mol. The van der Waals surface area contributed by atoms with Crippen LogP contribution in [0.5, 0.6) is 0 Å². The zero-order chi connectivity index (χ0) is 15.3. The van der Waals surface area contributed by atoms with Crippen LogP contribution in [0.1, 0.15) is 32.3 Å². The maximum absolute atomic E-state index is 12.1. The SMILES string of the molecule is CC(C)=NOC1(CCCO)C=C(c2ccccc2)C(=O)O1. The zero-order valence-corrected chi connectivity index (χ0v) is 12.2. The van der Waals surface area contributed by atoms with Gasteiger partial charge in [0.2, 0.25) is 0 Å². The largest absolute Gasteiger partial charge is 0.413 e. The normalized spacial score (nSPS) is 20.7. The van der Waals surface area contributed by atoms with Gasteiger partial charge in [-0.05, 0) is 25.8 Å². The van der Waals surface area contributed by atoms with Gasteiger partial charge in [0, 0.05) is 19.1 Å². The Balaban J connectivity index is 2.31. The number of carbonyl (C=O) groups is 1. The van der Waals surface area contributed by atoms with Crippen molar-refractivity contribution in [3.05, 3.63) is 42.0 Å². The summed E-state index contributed by atoms with van der Waals surface area (Å²) in [7, 11) is 0. The molecule has 0 saturated heterocycles. The molecule has 0 saturated carbocycles. The number of benzene rings is 1. The third-order valence-corrected chi connectivity index (χ3v) is 3.00. The number of hydrogen-bond donors (Lipinski definition) is 1. The molecule has 0 radical (unpaired) electrons. The first-order valence-corrected chi connectivity index (χ1v) is 6.88. The zero-order valence-electron chi connectivity index (χ0n) is 12.2. The van der Waals surface area contributed by atoms with Gasteiger partial charge in [0.1, 0.15) is 0 Å². The van der Waals surface area contributed by atoms with Gasteiger partial charge >= 0.3 is 5.97 Å². The molecule has 0 aromatic heterocycles. The van der Waals surface area contributed by atoms with E-state index in [2.05, 4.69) is 5.16 Å². The number of esters is 1. The molecule has 1 aliphatic rings. The number of hydrogen-bond acceptors (Lipinski definition) is 5. The molecule has 1 aromatic carbocycles. The fourth-order valence-corrected chi connectivity index (χ4v) is 2.05. The van der Waals surface area contributed by atoms with Gasteiger partial charge in [0.25, 0.3) is 5.79 Å². The fourth-order valence-electron chi connectivity index (χ4n) is 2.05. The Labute approximate surface area is 123 Å². The van der Waals surface area contributed by atoms with E-state index in [9.17, 15) is 4.79 Å². The predicted molar refractivity (Wildman–Crippen MR) is 79.4 cm³/mol. The van der Waals surface area contributed by atoms with Crippen molar-refractivity contribution in [1.29, 1.82) is 0 Å². The van der Waals surface area contributed by atoms with Gasteiger partial charge in [-0.2, -0.15) is 0 Å². The first kappa shape index (κ1) is 15.3. The number of nitrogens with zero attached hydrogens (tertiary/aromatic N) is 1. The number of carbonyl (C=O) groups excluding carboxylic acids is 1. The Morgan fingerprint density at radius 1 is 1.33 bits per heavy atom. The number of aliphatic hydroxyl groups excluding tert-OH is 1. The lowest BCUT2D eigenvalue weighted by Crippen LogP contribution is -2.30. The van der Waals surface area contributed by atoms with Gasteiger partial charge < -0.3 is 14.7 Å². The van der Waals surface area contributed by atoms with Gasteiger partial charge in [-0.1, -0.05) is 35.5 Å². The molecule has 5 nitrogen and oxygen atoms in total. The lowest BCUT2D eigenvalue weighted by Gasteiger charge is -2.23. The molecular formula is C16H19NO4. The van der Waals surface area contributed by atoms with Crippen molar-refractivity contribution in [2.45, 2.75) is 32.5 Å². The average Bonchev–Trinajstić information content (AvgIpc) is 2.82. The van der Waals surface area contributed by atoms with Crippen molar-refractivity contribution in [2.24, 2.45) is 5.16 Å². The monoisotopic (exact) mass is 289 g/mol. The van der Waals surface area contributed by atoms with Crippen LogP contribution < -0.4 is 0 Å². The second-order valence-electron chi connectivity index (χ2n) is 5.08. The predicted octanol–water partition coefficient (Wildman–Crippen LogP) is 2.51. The second kappa shape index (κ2) is 6.54. The first-order valence-electron chi connectivity index (χ1n) is 6.88. The summed E-state index contributed by atoms with van der Waals surface area (Å²) < 4.78 is 5.40. The molecule has 5 heteroatoms. The van der Waals surface area contributed by atoms with E-state index in [0.29, 0.717) is 18.4 Å². The van der Waals surface area contributed by atoms with Gasteiger partial charge in [0.05, 0.1) is 11.3 Å². The molecule has 112 valence electrons. The molecule has 1 heterocycles. The highest BCUT2D eigenvalue weighted by Gasteiger charge is 2.42. The van der Waals surface area contributed by atoms with Crippen LogP contribution in [0.15, 0.2) is 41.6 Å². The molecule has 0 amide bonds. The second-order valence-corrected chi connectivity index (χ2v) is 5.08. The van der Waals surface area contributed by atoms with Crippen molar-refractivity contribution < 1.29 is 19.5 Å². The first-order chi connectivity index (χ1) is 10.1. The summed E-state index contributed by atoms with van der Waals surface area (Å²) in [5, 5.41) is 12.9. The molecule has 1 unspecified atom stereocenters. The Hall–Kier alpha value is -2.14.